The highest BCUT2D eigenvalue weighted by Crippen LogP contribution is 2.51. The average Bonchev–Trinajstić information content (AvgIpc) is 3.72. The monoisotopic (exact) mass is 780 g/mol. The topological polar surface area (TPSA) is 100 Å². The molecule has 0 bridgehead atoms. The van der Waals surface area contributed by atoms with Crippen molar-refractivity contribution in [3.8, 4) is 0 Å². The maximum Gasteiger partial charge on any atom is 0.475 e. The van der Waals surface area contributed by atoms with Crippen molar-refractivity contribution in [2.75, 3.05) is 6.61 Å². The van der Waals surface area contributed by atoms with Gasteiger partial charge in [-0.1, -0.05) is 152 Å². The molecule has 5 aromatic carbocycles. The first-order valence-electron chi connectivity index (χ1n) is 18.9. The van der Waals surface area contributed by atoms with E-state index in [1.165, 1.54) is 0 Å². The highest BCUT2D eigenvalue weighted by molar-refractivity contribution is 7.48. The summed E-state index contributed by atoms with van der Waals surface area (Å²) < 4.78 is 72.3. The first-order valence-corrected chi connectivity index (χ1v) is 20.4. The van der Waals surface area contributed by atoms with E-state index in [9.17, 15) is 4.57 Å². The Kier molecular flexibility index (Phi) is 13.9. The third kappa shape index (κ3) is 11.3. The van der Waals surface area contributed by atoms with Gasteiger partial charge in [0.25, 0.3) is 0 Å². The fourth-order valence-corrected chi connectivity index (χ4v) is 7.82. The number of hydrogen-bond acceptors (Lipinski definition) is 10. The van der Waals surface area contributed by atoms with Crippen molar-refractivity contribution >= 4 is 7.82 Å². The van der Waals surface area contributed by atoms with Gasteiger partial charge in [-0.2, -0.15) is 0 Å². The Hall–Kier alpha value is -4.03. The van der Waals surface area contributed by atoms with Crippen LogP contribution in [0.15, 0.2) is 152 Å². The fourth-order valence-electron chi connectivity index (χ4n) is 6.65. The summed E-state index contributed by atoms with van der Waals surface area (Å²) in [4.78, 5) is 0. The van der Waals surface area contributed by atoms with Crippen LogP contribution in [0.25, 0.3) is 0 Å². The molecule has 56 heavy (non-hydrogen) atoms. The molecule has 0 spiro atoms. The minimum atomic E-state index is -4.21. The van der Waals surface area contributed by atoms with Crippen molar-refractivity contribution in [1.82, 2.24) is 0 Å². The van der Waals surface area contributed by atoms with Gasteiger partial charge in [0.2, 0.25) is 0 Å². The van der Waals surface area contributed by atoms with Crippen LogP contribution in [0, 0.1) is 0 Å². The number of ether oxygens (including phenoxy) is 6. The second-order valence-corrected chi connectivity index (χ2v) is 15.9. The molecule has 7 rings (SSSR count). The van der Waals surface area contributed by atoms with Gasteiger partial charge < -0.3 is 28.4 Å². The van der Waals surface area contributed by atoms with Crippen LogP contribution in [0.1, 0.15) is 41.7 Å². The van der Waals surface area contributed by atoms with Crippen LogP contribution in [0.3, 0.4) is 0 Å². The maximum atomic E-state index is 14.6. The van der Waals surface area contributed by atoms with Crippen LogP contribution < -0.4 is 0 Å². The lowest BCUT2D eigenvalue weighted by molar-refractivity contribution is -0.246. The van der Waals surface area contributed by atoms with Gasteiger partial charge in [0.15, 0.2) is 12.1 Å². The molecule has 0 radical (unpaired) electrons. The number of rotatable bonds is 20. The molecule has 0 N–H and O–H groups in total. The molecule has 0 aromatic heterocycles. The van der Waals surface area contributed by atoms with E-state index in [0.717, 1.165) is 27.8 Å². The maximum absolute atomic E-state index is 14.6. The second kappa shape index (κ2) is 19.4. The molecular formula is C45H49O10P. The Balaban J connectivity index is 1.19. The molecule has 0 amide bonds. The SMILES string of the molecule is CC1(C)O[C@H]2O[C@H]([C@H](OCc3ccccc3)[C@@H](COP(=O)(OCc3ccccc3)OCc3ccccc3)OCc3ccccc3)[C@H](OCc3ccccc3)[C@H]2O1. The number of benzene rings is 5. The van der Waals surface area contributed by atoms with E-state index in [-0.39, 0.29) is 33.0 Å². The Morgan fingerprint density at radius 2 is 0.982 bits per heavy atom. The second-order valence-electron chi connectivity index (χ2n) is 14.2. The zero-order valence-electron chi connectivity index (χ0n) is 31.7. The quantitative estimate of drug-likeness (QED) is 0.0711. The Bertz CT molecular complexity index is 1890. The lowest BCUT2D eigenvalue weighted by atomic mass is 10.0. The summed E-state index contributed by atoms with van der Waals surface area (Å²) in [6.07, 6.45) is -4.39. The largest absolute Gasteiger partial charge is 0.475 e. The van der Waals surface area contributed by atoms with Crippen LogP contribution in [0.5, 0.6) is 0 Å². The Labute approximate surface area is 329 Å². The van der Waals surface area contributed by atoms with Gasteiger partial charge in [-0.15, -0.1) is 0 Å². The molecule has 2 fully saturated rings. The van der Waals surface area contributed by atoms with Gasteiger partial charge in [-0.25, -0.2) is 4.57 Å². The minimum absolute atomic E-state index is 0.00530. The summed E-state index contributed by atoms with van der Waals surface area (Å²) in [5.74, 6) is -0.889. The van der Waals surface area contributed by atoms with Crippen molar-refractivity contribution in [1.29, 1.82) is 0 Å². The molecule has 6 atom stereocenters. The average molecular weight is 781 g/mol. The lowest BCUT2D eigenvalue weighted by Gasteiger charge is -2.35. The summed E-state index contributed by atoms with van der Waals surface area (Å²) in [5, 5.41) is 0. The Morgan fingerprint density at radius 1 is 0.554 bits per heavy atom. The molecule has 2 aliphatic heterocycles. The predicted octanol–water partition coefficient (Wildman–Crippen LogP) is 9.18. The van der Waals surface area contributed by atoms with Gasteiger partial charge >= 0.3 is 7.82 Å². The van der Waals surface area contributed by atoms with Crippen molar-refractivity contribution in [2.45, 2.75) is 89.5 Å². The molecule has 11 heteroatoms. The number of phosphoric acid groups is 1. The van der Waals surface area contributed by atoms with E-state index < -0.39 is 50.4 Å². The molecule has 2 saturated heterocycles. The van der Waals surface area contributed by atoms with Crippen LogP contribution in [0.4, 0.5) is 0 Å². The van der Waals surface area contributed by atoms with Gasteiger partial charge in [0.05, 0.1) is 39.6 Å². The van der Waals surface area contributed by atoms with Crippen LogP contribution in [-0.4, -0.2) is 49.2 Å². The summed E-state index contributed by atoms with van der Waals surface area (Å²) in [6, 6.07) is 48.4. The molecule has 2 aliphatic rings. The smallest absolute Gasteiger partial charge is 0.368 e. The van der Waals surface area contributed by atoms with Crippen molar-refractivity contribution < 1.29 is 46.6 Å². The van der Waals surface area contributed by atoms with Crippen molar-refractivity contribution in [2.24, 2.45) is 0 Å². The van der Waals surface area contributed by atoms with Crippen molar-refractivity contribution in [3.05, 3.63) is 179 Å². The highest BCUT2D eigenvalue weighted by Gasteiger charge is 2.58. The molecule has 0 aliphatic carbocycles. The third-order valence-electron chi connectivity index (χ3n) is 9.46. The first kappa shape index (κ1) is 40.2. The van der Waals surface area contributed by atoms with Gasteiger partial charge in [-0.3, -0.25) is 13.6 Å². The fraction of sp³-hybridized carbons (Fsp3) is 0.333. The molecule has 0 unspecified atom stereocenters. The number of phosphoric ester groups is 1. The van der Waals surface area contributed by atoms with E-state index in [1.807, 2.05) is 166 Å². The molecule has 10 nitrogen and oxygen atoms in total. The minimum Gasteiger partial charge on any atom is -0.368 e. The number of hydrogen-bond donors (Lipinski definition) is 0. The van der Waals surface area contributed by atoms with Crippen LogP contribution >= 0.6 is 7.82 Å². The van der Waals surface area contributed by atoms with E-state index in [4.69, 9.17) is 42.0 Å². The summed E-state index contributed by atoms with van der Waals surface area (Å²) in [6.45, 7) is 4.20. The third-order valence-corrected chi connectivity index (χ3v) is 10.8. The molecule has 0 saturated carbocycles. The van der Waals surface area contributed by atoms with Gasteiger partial charge in [-0.05, 0) is 41.7 Å². The van der Waals surface area contributed by atoms with E-state index in [0.29, 0.717) is 6.61 Å². The van der Waals surface area contributed by atoms with Crippen molar-refractivity contribution in [3.63, 3.8) is 0 Å². The summed E-state index contributed by atoms with van der Waals surface area (Å²) >= 11 is 0. The highest BCUT2D eigenvalue weighted by atomic mass is 31.2. The number of fused-ring (bicyclic) bond motifs is 1. The van der Waals surface area contributed by atoms with E-state index in [1.54, 1.807) is 0 Å². The van der Waals surface area contributed by atoms with E-state index in [2.05, 4.69) is 0 Å². The summed E-state index contributed by atoms with van der Waals surface area (Å²) in [5.41, 5.74) is 4.48. The molecule has 294 valence electrons. The molecule has 2 heterocycles. The lowest BCUT2D eigenvalue weighted by Crippen LogP contribution is -2.50. The molecular weight excluding hydrogens is 731 g/mol. The zero-order chi connectivity index (χ0) is 38.6. The normalized spacial score (nSPS) is 21.4. The summed E-state index contributed by atoms with van der Waals surface area (Å²) in [7, 11) is -4.21. The standard InChI is InChI=1S/C45H49O10P/c1-45(2)54-43-41(49-30-36-22-12-5-13-23-36)42(53-44(43)55-45)40(48-29-35-20-10-4-11-21-35)39(47-28-34-18-8-3-9-19-34)33-52-56(46,50-31-37-24-14-6-15-25-37)51-32-38-26-16-7-17-27-38/h3-27,39-44H,28-33H2,1-2H3/t39-,40-,41+,42-,43-,44-/m1/s1. The first-order chi connectivity index (χ1) is 27.3. The van der Waals surface area contributed by atoms with E-state index >= 15 is 0 Å². The van der Waals surface area contributed by atoms with Crippen LogP contribution in [-0.2, 0) is 79.6 Å². The van der Waals surface area contributed by atoms with Gasteiger partial charge in [0.1, 0.15) is 30.5 Å². The molecule has 5 aromatic rings. The predicted molar refractivity (Wildman–Crippen MR) is 210 cm³/mol. The van der Waals surface area contributed by atoms with Gasteiger partial charge in [0, 0.05) is 0 Å². The van der Waals surface area contributed by atoms with Crippen LogP contribution in [0.2, 0.25) is 0 Å². The zero-order valence-corrected chi connectivity index (χ0v) is 32.6. The Morgan fingerprint density at radius 3 is 1.46 bits per heavy atom.